The number of piperazine rings is 1. The first-order chi connectivity index (χ1) is 9.76. The molecule has 1 atom stereocenters. The van der Waals surface area contributed by atoms with Gasteiger partial charge >= 0.3 is 0 Å². The average Bonchev–Trinajstić information content (AvgIpc) is 2.97. The second kappa shape index (κ2) is 6.41. The summed E-state index contributed by atoms with van der Waals surface area (Å²) in [6, 6.07) is 4.81. The Balaban J connectivity index is 1.57. The van der Waals surface area contributed by atoms with Crippen molar-refractivity contribution < 1.29 is 0 Å². The van der Waals surface area contributed by atoms with Gasteiger partial charge in [0, 0.05) is 56.0 Å². The number of likely N-dealkylation sites (N-methyl/N-ethyl adjacent to an activating group) is 1. The first-order valence-corrected chi connectivity index (χ1v) is 8.38. The lowest BCUT2D eigenvalue weighted by atomic mass is 10.2. The van der Waals surface area contributed by atoms with Crippen LogP contribution in [0.3, 0.4) is 0 Å². The maximum absolute atomic E-state index is 4.50. The van der Waals surface area contributed by atoms with Crippen LogP contribution in [0.25, 0.3) is 0 Å². The molecule has 0 unspecified atom stereocenters. The van der Waals surface area contributed by atoms with Crippen LogP contribution in [0.1, 0.15) is 13.3 Å². The lowest BCUT2D eigenvalue weighted by molar-refractivity contribution is 0.107. The first kappa shape index (κ1) is 14.3. The predicted molar refractivity (Wildman–Crippen MR) is 86.2 cm³/mol. The molecule has 0 radical (unpaired) electrons. The molecule has 2 fully saturated rings. The Bertz CT molecular complexity index is 445. The molecule has 20 heavy (non-hydrogen) atoms. The molecule has 110 valence electrons. The van der Waals surface area contributed by atoms with Crippen molar-refractivity contribution in [1.29, 1.82) is 0 Å². The van der Waals surface area contributed by atoms with Gasteiger partial charge in [0.05, 0.1) is 0 Å². The Morgan fingerprint density at radius 2 is 2.05 bits per heavy atom. The molecule has 0 N–H and O–H groups in total. The smallest absolute Gasteiger partial charge is 0.129 e. The van der Waals surface area contributed by atoms with E-state index in [2.05, 4.69) is 48.6 Å². The third-order valence-electron chi connectivity index (χ3n) is 4.57. The van der Waals surface area contributed by atoms with E-state index >= 15 is 0 Å². The normalized spacial score (nSPS) is 25.3. The number of pyridine rings is 1. The summed E-state index contributed by atoms with van der Waals surface area (Å²) in [6.45, 7) is 10.6. The first-order valence-electron chi connectivity index (χ1n) is 7.59. The fourth-order valence-electron chi connectivity index (χ4n) is 3.26. The van der Waals surface area contributed by atoms with E-state index in [0.29, 0.717) is 6.04 Å². The number of rotatable bonds is 3. The van der Waals surface area contributed by atoms with Crippen LogP contribution in [0, 0.1) is 0 Å². The van der Waals surface area contributed by atoms with Gasteiger partial charge in [0.15, 0.2) is 0 Å². The lowest BCUT2D eigenvalue weighted by Gasteiger charge is -2.37. The van der Waals surface area contributed by atoms with Crippen LogP contribution >= 0.6 is 15.9 Å². The van der Waals surface area contributed by atoms with Crippen molar-refractivity contribution in [1.82, 2.24) is 14.8 Å². The van der Waals surface area contributed by atoms with Gasteiger partial charge in [0.25, 0.3) is 0 Å². The molecule has 4 nitrogen and oxygen atoms in total. The average molecular weight is 339 g/mol. The minimum atomic E-state index is 0.704. The third-order valence-corrected chi connectivity index (χ3v) is 5.06. The maximum Gasteiger partial charge on any atom is 0.129 e. The van der Waals surface area contributed by atoms with E-state index in [4.69, 9.17) is 0 Å². The topological polar surface area (TPSA) is 22.6 Å². The minimum Gasteiger partial charge on any atom is -0.355 e. The van der Waals surface area contributed by atoms with E-state index in [1.54, 1.807) is 0 Å². The van der Waals surface area contributed by atoms with Gasteiger partial charge in [0.2, 0.25) is 0 Å². The van der Waals surface area contributed by atoms with Gasteiger partial charge in [0.1, 0.15) is 5.82 Å². The maximum atomic E-state index is 4.50. The second-order valence-corrected chi connectivity index (χ2v) is 6.61. The Morgan fingerprint density at radius 1 is 1.25 bits per heavy atom. The van der Waals surface area contributed by atoms with Crippen molar-refractivity contribution in [2.24, 2.45) is 0 Å². The molecule has 3 heterocycles. The number of hydrogen-bond donors (Lipinski definition) is 0. The highest BCUT2D eigenvalue weighted by Crippen LogP contribution is 2.24. The van der Waals surface area contributed by atoms with Gasteiger partial charge in [-0.2, -0.15) is 0 Å². The molecule has 0 saturated carbocycles. The Kier molecular flexibility index (Phi) is 4.58. The second-order valence-electron chi connectivity index (χ2n) is 5.69. The molecule has 5 heteroatoms. The molecular weight excluding hydrogens is 316 g/mol. The van der Waals surface area contributed by atoms with Crippen LogP contribution in [-0.4, -0.2) is 66.6 Å². The van der Waals surface area contributed by atoms with Gasteiger partial charge in [-0.15, -0.1) is 0 Å². The molecule has 2 saturated heterocycles. The summed E-state index contributed by atoms with van der Waals surface area (Å²) in [5.74, 6) is 1.11. The standard InChI is InChI=1S/C15H23BrN4/c1-2-18-7-9-19(10-8-18)14-4-6-20(12-14)15-11-13(16)3-5-17-15/h3,5,11,14H,2,4,6-10,12H2,1H3/t14-/m1/s1. The van der Waals surface area contributed by atoms with Crippen LogP contribution in [0.5, 0.6) is 0 Å². The largest absolute Gasteiger partial charge is 0.355 e. The SMILES string of the molecule is CCN1CCN([C@@H]2CCN(c3cc(Br)ccn3)C2)CC1. The summed E-state index contributed by atoms with van der Waals surface area (Å²) in [4.78, 5) is 12.1. The molecule has 0 aromatic carbocycles. The summed E-state index contributed by atoms with van der Waals surface area (Å²) in [6.07, 6.45) is 3.15. The zero-order valence-electron chi connectivity index (χ0n) is 12.1. The number of aromatic nitrogens is 1. The molecule has 0 bridgehead atoms. The quantitative estimate of drug-likeness (QED) is 0.841. The van der Waals surface area contributed by atoms with E-state index in [-0.39, 0.29) is 0 Å². The fraction of sp³-hybridized carbons (Fsp3) is 0.667. The predicted octanol–water partition coefficient (Wildman–Crippen LogP) is 2.06. The zero-order chi connectivity index (χ0) is 13.9. The number of nitrogens with zero attached hydrogens (tertiary/aromatic N) is 4. The molecule has 1 aromatic heterocycles. The summed E-state index contributed by atoms with van der Waals surface area (Å²) in [7, 11) is 0. The van der Waals surface area contributed by atoms with Gasteiger partial charge in [-0.1, -0.05) is 22.9 Å². The summed E-state index contributed by atoms with van der Waals surface area (Å²) >= 11 is 3.53. The van der Waals surface area contributed by atoms with Gasteiger partial charge < -0.3 is 9.80 Å². The van der Waals surface area contributed by atoms with Crippen LogP contribution in [-0.2, 0) is 0 Å². The highest BCUT2D eigenvalue weighted by atomic mass is 79.9. The number of halogens is 1. The molecule has 2 aliphatic rings. The summed E-state index contributed by atoms with van der Waals surface area (Å²) in [5, 5.41) is 0. The monoisotopic (exact) mass is 338 g/mol. The Hall–Kier alpha value is -0.650. The molecular formula is C15H23BrN4. The molecule has 0 aliphatic carbocycles. The van der Waals surface area contributed by atoms with Crippen molar-refractivity contribution >= 4 is 21.7 Å². The van der Waals surface area contributed by atoms with Crippen molar-refractivity contribution in [3.63, 3.8) is 0 Å². The van der Waals surface area contributed by atoms with E-state index in [1.807, 2.05) is 12.3 Å². The highest BCUT2D eigenvalue weighted by molar-refractivity contribution is 9.10. The highest BCUT2D eigenvalue weighted by Gasteiger charge is 2.30. The number of anilines is 1. The molecule has 0 spiro atoms. The van der Waals surface area contributed by atoms with E-state index in [0.717, 1.165) is 23.4 Å². The molecule has 1 aromatic rings. The van der Waals surface area contributed by atoms with Crippen LogP contribution < -0.4 is 4.90 Å². The van der Waals surface area contributed by atoms with E-state index in [9.17, 15) is 0 Å². The van der Waals surface area contributed by atoms with Crippen molar-refractivity contribution in [3.05, 3.63) is 22.8 Å². The fourth-order valence-corrected chi connectivity index (χ4v) is 3.58. The van der Waals surface area contributed by atoms with Gasteiger partial charge in [-0.25, -0.2) is 4.98 Å². The van der Waals surface area contributed by atoms with Gasteiger partial charge in [-0.05, 0) is 25.1 Å². The third kappa shape index (κ3) is 3.15. The van der Waals surface area contributed by atoms with E-state index in [1.165, 1.54) is 39.1 Å². The van der Waals surface area contributed by atoms with Crippen molar-refractivity contribution in [2.45, 2.75) is 19.4 Å². The van der Waals surface area contributed by atoms with Gasteiger partial charge in [-0.3, -0.25) is 4.90 Å². The van der Waals surface area contributed by atoms with Crippen LogP contribution in [0.2, 0.25) is 0 Å². The molecule has 2 aliphatic heterocycles. The van der Waals surface area contributed by atoms with Crippen molar-refractivity contribution in [3.8, 4) is 0 Å². The minimum absolute atomic E-state index is 0.704. The van der Waals surface area contributed by atoms with Crippen LogP contribution in [0.15, 0.2) is 22.8 Å². The number of hydrogen-bond acceptors (Lipinski definition) is 4. The van der Waals surface area contributed by atoms with Crippen molar-refractivity contribution in [2.75, 3.05) is 50.7 Å². The van der Waals surface area contributed by atoms with Crippen LogP contribution in [0.4, 0.5) is 5.82 Å². The Morgan fingerprint density at radius 3 is 2.75 bits per heavy atom. The Labute approximate surface area is 129 Å². The summed E-state index contributed by atoms with van der Waals surface area (Å²) in [5.41, 5.74) is 0. The molecule has 3 rings (SSSR count). The van der Waals surface area contributed by atoms with E-state index < -0.39 is 0 Å². The summed E-state index contributed by atoms with van der Waals surface area (Å²) < 4.78 is 1.11. The molecule has 0 amide bonds. The zero-order valence-corrected chi connectivity index (χ0v) is 13.7. The lowest BCUT2D eigenvalue weighted by Crippen LogP contribution is -2.50.